The lowest BCUT2D eigenvalue weighted by Crippen LogP contribution is -2.37. The summed E-state index contributed by atoms with van der Waals surface area (Å²) in [6.45, 7) is 0. The van der Waals surface area contributed by atoms with Crippen LogP contribution in [0.2, 0.25) is 0 Å². The Balaban J connectivity index is 1.79. The molecule has 0 spiro atoms. The first-order chi connectivity index (χ1) is 16.0. The molecule has 0 unspecified atom stereocenters. The number of hydrogen-bond donors (Lipinski definition) is 3. The van der Waals surface area contributed by atoms with Crippen LogP contribution < -0.4 is 10.6 Å². The van der Waals surface area contributed by atoms with E-state index in [4.69, 9.17) is 0 Å². The van der Waals surface area contributed by atoms with Gasteiger partial charge in [-0.1, -0.05) is 44.6 Å². The summed E-state index contributed by atoms with van der Waals surface area (Å²) in [6, 6.07) is 5.87. The molecular formula is C26H30N2O5. The summed E-state index contributed by atoms with van der Waals surface area (Å²) in [6.07, 6.45) is 10.6. The van der Waals surface area contributed by atoms with Crippen LogP contribution in [0.25, 0.3) is 10.8 Å². The van der Waals surface area contributed by atoms with E-state index in [1.807, 2.05) is 0 Å². The summed E-state index contributed by atoms with van der Waals surface area (Å²) in [5.41, 5.74) is 0.480. The topological polar surface area (TPSA) is 113 Å². The molecule has 33 heavy (non-hydrogen) atoms. The lowest BCUT2D eigenvalue weighted by molar-refractivity contribution is 0.0698. The fourth-order valence-electron chi connectivity index (χ4n) is 5.20. The first-order valence-corrected chi connectivity index (χ1v) is 11.9. The highest BCUT2D eigenvalue weighted by molar-refractivity contribution is 6.22. The van der Waals surface area contributed by atoms with Gasteiger partial charge in [-0.3, -0.25) is 14.4 Å². The van der Waals surface area contributed by atoms with E-state index in [2.05, 4.69) is 10.6 Å². The standard InChI is InChI=1S/C26H30N2O5/c29-15-16-11-12-21(26(32)33)23-20(25(31)28-18-9-5-2-6-10-18)14-13-19(22(16)23)24(30)27-17-7-3-1-4-8-17/h11-15,17-18H,1-10H2,(H,27,30)(H,28,31)(H,32,33). The van der Waals surface area contributed by atoms with Crippen molar-refractivity contribution in [2.24, 2.45) is 0 Å². The fourth-order valence-corrected chi connectivity index (χ4v) is 5.20. The Hall–Kier alpha value is -3.22. The minimum absolute atomic E-state index is 0.0399. The van der Waals surface area contributed by atoms with Gasteiger partial charge < -0.3 is 15.7 Å². The van der Waals surface area contributed by atoms with Crippen molar-refractivity contribution in [2.75, 3.05) is 0 Å². The number of carbonyl (C=O) groups excluding carboxylic acids is 3. The highest BCUT2D eigenvalue weighted by Gasteiger charge is 2.26. The quantitative estimate of drug-likeness (QED) is 0.562. The molecule has 0 aromatic heterocycles. The number of amides is 2. The largest absolute Gasteiger partial charge is 0.478 e. The minimum atomic E-state index is -1.21. The Labute approximate surface area is 192 Å². The van der Waals surface area contributed by atoms with Gasteiger partial charge in [-0.15, -0.1) is 0 Å². The summed E-state index contributed by atoms with van der Waals surface area (Å²) in [4.78, 5) is 50.3. The summed E-state index contributed by atoms with van der Waals surface area (Å²) in [7, 11) is 0. The molecule has 2 aromatic rings. The molecule has 0 bridgehead atoms. The highest BCUT2D eigenvalue weighted by atomic mass is 16.4. The van der Waals surface area contributed by atoms with Crippen molar-refractivity contribution >= 4 is 34.8 Å². The molecule has 4 rings (SSSR count). The Morgan fingerprint density at radius 1 is 0.697 bits per heavy atom. The number of hydrogen-bond acceptors (Lipinski definition) is 4. The average Bonchev–Trinajstić information content (AvgIpc) is 2.83. The number of rotatable bonds is 6. The van der Waals surface area contributed by atoms with Gasteiger partial charge in [-0.2, -0.15) is 0 Å². The van der Waals surface area contributed by atoms with Crippen LogP contribution in [0.5, 0.6) is 0 Å². The van der Waals surface area contributed by atoms with E-state index in [1.54, 1.807) is 0 Å². The van der Waals surface area contributed by atoms with Crippen molar-refractivity contribution < 1.29 is 24.3 Å². The Bertz CT molecular complexity index is 1080. The van der Waals surface area contributed by atoms with Gasteiger partial charge in [-0.25, -0.2) is 4.79 Å². The number of carbonyl (C=O) groups is 4. The first kappa shape index (κ1) is 23.0. The van der Waals surface area contributed by atoms with E-state index in [0.717, 1.165) is 64.2 Å². The molecule has 7 nitrogen and oxygen atoms in total. The van der Waals surface area contributed by atoms with Crippen LogP contribution in [-0.2, 0) is 0 Å². The van der Waals surface area contributed by atoms with Gasteiger partial charge in [0.2, 0.25) is 0 Å². The van der Waals surface area contributed by atoms with E-state index in [1.165, 1.54) is 24.3 Å². The van der Waals surface area contributed by atoms with Crippen LogP contribution in [0.15, 0.2) is 24.3 Å². The minimum Gasteiger partial charge on any atom is -0.478 e. The Morgan fingerprint density at radius 2 is 1.15 bits per heavy atom. The molecule has 0 heterocycles. The van der Waals surface area contributed by atoms with Gasteiger partial charge in [0.05, 0.1) is 5.56 Å². The van der Waals surface area contributed by atoms with Gasteiger partial charge in [0.1, 0.15) is 0 Å². The maximum atomic E-state index is 13.2. The predicted molar refractivity (Wildman–Crippen MR) is 125 cm³/mol. The van der Waals surface area contributed by atoms with Gasteiger partial charge >= 0.3 is 5.97 Å². The summed E-state index contributed by atoms with van der Waals surface area (Å²) in [5, 5.41) is 16.3. The molecule has 2 amide bonds. The molecule has 2 aliphatic carbocycles. The van der Waals surface area contributed by atoms with Crippen molar-refractivity contribution in [2.45, 2.75) is 76.3 Å². The van der Waals surface area contributed by atoms with Gasteiger partial charge in [-0.05, 0) is 43.9 Å². The third kappa shape index (κ3) is 4.92. The van der Waals surface area contributed by atoms with Crippen LogP contribution >= 0.6 is 0 Å². The van der Waals surface area contributed by atoms with E-state index >= 15 is 0 Å². The Kier molecular flexibility index (Phi) is 7.06. The van der Waals surface area contributed by atoms with Crippen molar-refractivity contribution in [1.82, 2.24) is 10.6 Å². The predicted octanol–water partition coefficient (Wildman–Crippen LogP) is 4.48. The molecule has 7 heteroatoms. The zero-order valence-electron chi connectivity index (χ0n) is 18.7. The van der Waals surface area contributed by atoms with Crippen LogP contribution in [0, 0.1) is 0 Å². The first-order valence-electron chi connectivity index (χ1n) is 11.9. The lowest BCUT2D eigenvalue weighted by Gasteiger charge is -2.24. The number of aromatic carboxylic acids is 1. The molecule has 2 aromatic carbocycles. The summed E-state index contributed by atoms with van der Waals surface area (Å²) in [5.74, 6) is -1.94. The van der Waals surface area contributed by atoms with Crippen LogP contribution in [0.1, 0.15) is 106 Å². The second-order valence-electron chi connectivity index (χ2n) is 9.15. The van der Waals surface area contributed by atoms with E-state index < -0.39 is 5.97 Å². The third-order valence-corrected chi connectivity index (χ3v) is 6.92. The molecule has 0 atom stereocenters. The van der Waals surface area contributed by atoms with E-state index in [-0.39, 0.29) is 56.9 Å². The number of carboxylic acid groups (broad SMARTS) is 1. The number of nitrogens with one attached hydrogen (secondary N) is 2. The zero-order valence-corrected chi connectivity index (χ0v) is 18.7. The average molecular weight is 451 g/mol. The summed E-state index contributed by atoms with van der Waals surface area (Å²) >= 11 is 0. The molecule has 2 fully saturated rings. The van der Waals surface area contributed by atoms with Crippen molar-refractivity contribution in [3.63, 3.8) is 0 Å². The summed E-state index contributed by atoms with van der Waals surface area (Å²) < 4.78 is 0. The second-order valence-corrected chi connectivity index (χ2v) is 9.15. The lowest BCUT2D eigenvalue weighted by atomic mass is 9.90. The Morgan fingerprint density at radius 3 is 1.61 bits per heavy atom. The molecule has 0 saturated heterocycles. The second kappa shape index (κ2) is 10.1. The number of benzene rings is 2. The molecule has 2 saturated carbocycles. The van der Waals surface area contributed by atoms with Crippen molar-refractivity contribution in [1.29, 1.82) is 0 Å². The van der Waals surface area contributed by atoms with Gasteiger partial charge in [0, 0.05) is 39.5 Å². The van der Waals surface area contributed by atoms with Crippen LogP contribution in [0.3, 0.4) is 0 Å². The van der Waals surface area contributed by atoms with Crippen molar-refractivity contribution in [3.05, 3.63) is 46.5 Å². The van der Waals surface area contributed by atoms with Gasteiger partial charge in [0.25, 0.3) is 11.8 Å². The monoisotopic (exact) mass is 450 g/mol. The molecule has 174 valence electrons. The maximum absolute atomic E-state index is 13.2. The van der Waals surface area contributed by atoms with Crippen molar-refractivity contribution in [3.8, 4) is 0 Å². The van der Waals surface area contributed by atoms with Gasteiger partial charge in [0.15, 0.2) is 6.29 Å². The molecule has 2 aliphatic rings. The fraction of sp³-hybridized carbons (Fsp3) is 0.462. The van der Waals surface area contributed by atoms with E-state index in [9.17, 15) is 24.3 Å². The number of carboxylic acids is 1. The smallest absolute Gasteiger partial charge is 0.336 e. The molecule has 3 N–H and O–H groups in total. The molecular weight excluding hydrogens is 420 g/mol. The highest BCUT2D eigenvalue weighted by Crippen LogP contribution is 2.31. The van der Waals surface area contributed by atoms with Crippen LogP contribution in [-0.4, -0.2) is 41.3 Å². The SMILES string of the molecule is O=Cc1ccc(C(=O)O)c2c(C(=O)NC3CCCCC3)ccc(C(=O)NC3CCCCC3)c12. The maximum Gasteiger partial charge on any atom is 0.336 e. The molecule has 0 aliphatic heterocycles. The number of aldehydes is 1. The normalized spacial score (nSPS) is 17.5. The third-order valence-electron chi connectivity index (χ3n) is 6.92. The number of fused-ring (bicyclic) bond motifs is 1. The van der Waals surface area contributed by atoms with E-state index in [0.29, 0.717) is 6.29 Å². The zero-order chi connectivity index (χ0) is 23.4. The molecule has 0 radical (unpaired) electrons. The van der Waals surface area contributed by atoms with Crippen LogP contribution in [0.4, 0.5) is 0 Å².